The largest absolute Gasteiger partial charge is 0.461 e. The minimum absolute atomic E-state index is 0.187. The average molecular weight is 238 g/mol. The van der Waals surface area contributed by atoms with E-state index in [9.17, 15) is 4.79 Å². The van der Waals surface area contributed by atoms with Gasteiger partial charge in [-0.3, -0.25) is 0 Å². The van der Waals surface area contributed by atoms with Gasteiger partial charge in [-0.15, -0.1) is 17.7 Å². The Morgan fingerprint density at radius 2 is 2.31 bits per heavy atom. The van der Waals surface area contributed by atoms with Gasteiger partial charge in [0.25, 0.3) is 5.78 Å². The van der Waals surface area contributed by atoms with E-state index in [1.807, 2.05) is 0 Å². The van der Waals surface area contributed by atoms with E-state index in [0.29, 0.717) is 23.2 Å². The fourth-order valence-corrected chi connectivity index (χ4v) is 1.52. The summed E-state index contributed by atoms with van der Waals surface area (Å²) in [6, 6.07) is 1.50. The molecule has 0 saturated heterocycles. The molecule has 16 heavy (non-hydrogen) atoms. The van der Waals surface area contributed by atoms with E-state index in [1.165, 1.54) is 10.6 Å². The standard InChI is InChI=1S/C9H10N4O2S/c1-3-15-8(14)6-4-7(16)13-9(11-6)10-5(2)12-13/h4,16H,3H2,1-2H3. The van der Waals surface area contributed by atoms with Crippen LogP contribution >= 0.6 is 12.6 Å². The lowest BCUT2D eigenvalue weighted by atomic mass is 10.4. The molecule has 7 heteroatoms. The second kappa shape index (κ2) is 4.09. The van der Waals surface area contributed by atoms with E-state index in [-0.39, 0.29) is 5.69 Å². The third-order valence-corrected chi connectivity index (χ3v) is 2.20. The van der Waals surface area contributed by atoms with Gasteiger partial charge in [-0.25, -0.2) is 9.78 Å². The Hall–Kier alpha value is -1.63. The number of ether oxygens (including phenoxy) is 1. The summed E-state index contributed by atoms with van der Waals surface area (Å²) in [5, 5.41) is 4.57. The second-order valence-corrected chi connectivity index (χ2v) is 3.55. The zero-order valence-electron chi connectivity index (χ0n) is 8.84. The third kappa shape index (κ3) is 1.85. The highest BCUT2D eigenvalue weighted by Crippen LogP contribution is 2.11. The maximum absolute atomic E-state index is 11.5. The van der Waals surface area contributed by atoms with Crippen LogP contribution in [-0.2, 0) is 4.74 Å². The summed E-state index contributed by atoms with van der Waals surface area (Å²) in [6.07, 6.45) is 0. The van der Waals surface area contributed by atoms with Gasteiger partial charge >= 0.3 is 5.97 Å². The van der Waals surface area contributed by atoms with Crippen molar-refractivity contribution in [2.45, 2.75) is 18.9 Å². The number of nitrogens with zero attached hydrogens (tertiary/aromatic N) is 4. The van der Waals surface area contributed by atoms with Crippen molar-refractivity contribution in [3.8, 4) is 0 Å². The van der Waals surface area contributed by atoms with Crippen molar-refractivity contribution in [2.24, 2.45) is 0 Å². The number of hydrogen-bond acceptors (Lipinski definition) is 6. The van der Waals surface area contributed by atoms with Crippen molar-refractivity contribution in [3.63, 3.8) is 0 Å². The first-order valence-corrected chi connectivity index (χ1v) is 5.17. The van der Waals surface area contributed by atoms with Crippen molar-refractivity contribution in [1.82, 2.24) is 19.6 Å². The first-order chi connectivity index (χ1) is 7.61. The van der Waals surface area contributed by atoms with Crippen molar-refractivity contribution in [1.29, 1.82) is 0 Å². The number of fused-ring (bicyclic) bond motifs is 1. The molecule has 0 saturated carbocycles. The lowest BCUT2D eigenvalue weighted by molar-refractivity contribution is 0.0519. The monoisotopic (exact) mass is 238 g/mol. The SMILES string of the molecule is CCOC(=O)c1cc(S)n2nc(C)nc2n1. The Balaban J connectivity index is 2.53. The number of carbonyl (C=O) groups excluding carboxylic acids is 1. The molecule has 2 heterocycles. The first kappa shape index (κ1) is 10.9. The molecule has 2 rings (SSSR count). The zero-order valence-corrected chi connectivity index (χ0v) is 9.73. The molecule has 0 spiro atoms. The second-order valence-electron chi connectivity index (χ2n) is 3.09. The van der Waals surface area contributed by atoms with Crippen LogP contribution in [0.3, 0.4) is 0 Å². The van der Waals surface area contributed by atoms with E-state index < -0.39 is 5.97 Å². The maximum atomic E-state index is 11.5. The van der Waals surface area contributed by atoms with Crippen molar-refractivity contribution in [3.05, 3.63) is 17.6 Å². The van der Waals surface area contributed by atoms with Crippen LogP contribution in [0.15, 0.2) is 11.1 Å². The van der Waals surface area contributed by atoms with Gasteiger partial charge in [0, 0.05) is 6.07 Å². The van der Waals surface area contributed by atoms with Crippen LogP contribution in [-0.4, -0.2) is 32.2 Å². The van der Waals surface area contributed by atoms with Crippen molar-refractivity contribution < 1.29 is 9.53 Å². The van der Waals surface area contributed by atoms with Crippen LogP contribution in [0.4, 0.5) is 0 Å². The fraction of sp³-hybridized carbons (Fsp3) is 0.333. The lowest BCUT2D eigenvalue weighted by Crippen LogP contribution is -2.09. The number of aromatic nitrogens is 4. The molecule has 0 unspecified atom stereocenters. The molecule has 0 aliphatic rings. The molecule has 0 bridgehead atoms. The van der Waals surface area contributed by atoms with Crippen LogP contribution < -0.4 is 0 Å². The summed E-state index contributed by atoms with van der Waals surface area (Å²) >= 11 is 4.21. The molecule has 0 N–H and O–H groups in total. The van der Waals surface area contributed by atoms with Gasteiger partial charge in [0.1, 0.15) is 10.9 Å². The smallest absolute Gasteiger partial charge is 0.357 e. The molecule has 2 aromatic rings. The third-order valence-electron chi connectivity index (χ3n) is 1.88. The predicted molar refractivity (Wildman–Crippen MR) is 58.7 cm³/mol. The number of rotatable bonds is 2. The van der Waals surface area contributed by atoms with Crippen LogP contribution in [0, 0.1) is 6.92 Å². The molecule has 0 radical (unpaired) electrons. The van der Waals surface area contributed by atoms with Crippen molar-refractivity contribution in [2.75, 3.05) is 6.61 Å². The zero-order chi connectivity index (χ0) is 11.7. The van der Waals surface area contributed by atoms with E-state index in [0.717, 1.165) is 0 Å². The highest BCUT2D eigenvalue weighted by atomic mass is 32.1. The summed E-state index contributed by atoms with van der Waals surface area (Å²) in [7, 11) is 0. The Kier molecular flexibility index (Phi) is 2.78. The summed E-state index contributed by atoms with van der Waals surface area (Å²) < 4.78 is 6.31. The Labute approximate surface area is 97.1 Å². The van der Waals surface area contributed by atoms with E-state index in [2.05, 4.69) is 27.7 Å². The van der Waals surface area contributed by atoms with Gasteiger partial charge in [-0.05, 0) is 13.8 Å². The van der Waals surface area contributed by atoms with Gasteiger partial charge in [-0.2, -0.15) is 9.50 Å². The quantitative estimate of drug-likeness (QED) is 0.478. The van der Waals surface area contributed by atoms with Crippen LogP contribution in [0.2, 0.25) is 0 Å². The minimum Gasteiger partial charge on any atom is -0.461 e. The molecule has 0 aliphatic heterocycles. The Morgan fingerprint density at radius 1 is 1.56 bits per heavy atom. The lowest BCUT2D eigenvalue weighted by Gasteiger charge is -2.02. The van der Waals surface area contributed by atoms with Crippen LogP contribution in [0.25, 0.3) is 5.78 Å². The maximum Gasteiger partial charge on any atom is 0.357 e. The molecule has 0 atom stereocenters. The number of thiol groups is 1. The first-order valence-electron chi connectivity index (χ1n) is 4.72. The van der Waals surface area contributed by atoms with Crippen LogP contribution in [0.5, 0.6) is 0 Å². The highest BCUT2D eigenvalue weighted by Gasteiger charge is 2.13. The molecular weight excluding hydrogens is 228 g/mol. The summed E-state index contributed by atoms with van der Waals surface area (Å²) in [5.74, 6) is 0.429. The fourth-order valence-electron chi connectivity index (χ4n) is 1.26. The molecule has 84 valence electrons. The van der Waals surface area contributed by atoms with Gasteiger partial charge in [0.05, 0.1) is 6.61 Å². The molecular formula is C9H10N4O2S. The molecule has 0 aliphatic carbocycles. The van der Waals surface area contributed by atoms with Crippen LogP contribution in [0.1, 0.15) is 23.2 Å². The van der Waals surface area contributed by atoms with Crippen molar-refractivity contribution >= 4 is 24.4 Å². The Morgan fingerprint density at radius 3 is 3.00 bits per heavy atom. The molecule has 0 aromatic carbocycles. The van der Waals surface area contributed by atoms with Gasteiger partial charge in [0.15, 0.2) is 5.69 Å². The van der Waals surface area contributed by atoms with E-state index in [4.69, 9.17) is 4.74 Å². The molecule has 6 nitrogen and oxygen atoms in total. The number of aryl methyl sites for hydroxylation is 1. The molecule has 2 aromatic heterocycles. The normalized spacial score (nSPS) is 10.7. The summed E-state index contributed by atoms with van der Waals surface area (Å²) in [6.45, 7) is 3.78. The number of carbonyl (C=O) groups is 1. The molecule has 0 amide bonds. The number of hydrogen-bond donors (Lipinski definition) is 1. The van der Waals surface area contributed by atoms with E-state index in [1.54, 1.807) is 13.8 Å². The Bertz CT molecular complexity index is 552. The minimum atomic E-state index is -0.485. The highest BCUT2D eigenvalue weighted by molar-refractivity contribution is 7.80. The van der Waals surface area contributed by atoms with Gasteiger partial charge in [-0.1, -0.05) is 0 Å². The summed E-state index contributed by atoms with van der Waals surface area (Å²) in [4.78, 5) is 19.6. The molecule has 0 fully saturated rings. The number of esters is 1. The average Bonchev–Trinajstić information content (AvgIpc) is 2.59. The van der Waals surface area contributed by atoms with Gasteiger partial charge in [0.2, 0.25) is 0 Å². The predicted octanol–water partition coefficient (Wildman–Crippen LogP) is 0.898. The topological polar surface area (TPSA) is 69.4 Å². The van der Waals surface area contributed by atoms with Gasteiger partial charge < -0.3 is 4.74 Å². The van der Waals surface area contributed by atoms with E-state index >= 15 is 0 Å². The summed E-state index contributed by atoms with van der Waals surface area (Å²) in [5.41, 5.74) is 0.187.